The molecule has 0 bridgehead atoms. The first-order chi connectivity index (χ1) is 6.62. The van der Waals surface area contributed by atoms with E-state index < -0.39 is 4.65 Å². The zero-order valence-corrected chi connectivity index (χ0v) is 7.64. The van der Waals surface area contributed by atoms with Crippen LogP contribution in [0.4, 0.5) is 0 Å². The Morgan fingerprint density at radius 2 is 2.07 bits per heavy atom. The van der Waals surface area contributed by atoms with Crippen molar-refractivity contribution in [1.82, 2.24) is 0 Å². The third-order valence-corrected chi connectivity index (χ3v) is 2.42. The van der Waals surface area contributed by atoms with Crippen molar-refractivity contribution >= 4 is 5.91 Å². The van der Waals surface area contributed by atoms with E-state index in [1.807, 2.05) is 0 Å². The van der Waals surface area contributed by atoms with E-state index in [4.69, 9.17) is 0 Å². The Morgan fingerprint density at radius 1 is 1.43 bits per heavy atom. The first-order valence-electron chi connectivity index (χ1n) is 4.50. The van der Waals surface area contributed by atoms with Gasteiger partial charge in [-0.2, -0.15) is 0 Å². The minimum absolute atomic E-state index is 0.0240. The first-order valence-corrected chi connectivity index (χ1v) is 4.50. The van der Waals surface area contributed by atoms with Gasteiger partial charge in [0.1, 0.15) is 18.8 Å². The molecule has 4 heteroatoms. The van der Waals surface area contributed by atoms with Gasteiger partial charge in [0.05, 0.1) is 6.42 Å². The van der Waals surface area contributed by atoms with E-state index in [1.165, 1.54) is 6.07 Å². The smallest absolute Gasteiger partial charge is 0.318 e. The highest BCUT2D eigenvalue weighted by molar-refractivity contribution is 5.74. The highest BCUT2D eigenvalue weighted by Gasteiger charge is 2.40. The third-order valence-electron chi connectivity index (χ3n) is 2.42. The number of para-hydroxylation sites is 1. The van der Waals surface area contributed by atoms with Crippen LogP contribution in [-0.2, 0) is 11.2 Å². The maximum absolute atomic E-state index is 11.4. The van der Waals surface area contributed by atoms with Gasteiger partial charge in [0, 0.05) is 5.56 Å². The summed E-state index contributed by atoms with van der Waals surface area (Å²) in [7, 11) is 0. The molecule has 1 amide bonds. The van der Waals surface area contributed by atoms with Crippen molar-refractivity contribution in [3.8, 4) is 5.75 Å². The zero-order valence-electron chi connectivity index (χ0n) is 7.64. The number of phenols is 1. The Balaban J connectivity index is 2.11. The van der Waals surface area contributed by atoms with Crippen LogP contribution in [0.1, 0.15) is 5.56 Å². The number of phenolic OH excluding ortho intramolecular Hbond substituents is 1. The molecule has 0 atom stereocenters. The van der Waals surface area contributed by atoms with E-state index in [0.717, 1.165) is 0 Å². The minimum atomic E-state index is -0.728. The number of carbonyl (C=O) groups excluding carboxylic acids is 1. The lowest BCUT2D eigenvalue weighted by molar-refractivity contribution is -0.660. The van der Waals surface area contributed by atoms with E-state index in [2.05, 4.69) is 0 Å². The molecule has 0 unspecified atom stereocenters. The van der Waals surface area contributed by atoms with Gasteiger partial charge in [-0.3, -0.25) is 4.65 Å². The maximum atomic E-state index is 11.4. The lowest BCUT2D eigenvalue weighted by atomic mass is 10.1. The van der Waals surface area contributed by atoms with E-state index in [0.29, 0.717) is 18.7 Å². The molecule has 1 heterocycles. The average molecular weight is 193 g/mol. The summed E-state index contributed by atoms with van der Waals surface area (Å²) < 4.78 is -0.728. The van der Waals surface area contributed by atoms with Crippen LogP contribution in [0, 0.1) is 5.21 Å². The Kier molecular flexibility index (Phi) is 2.02. The summed E-state index contributed by atoms with van der Waals surface area (Å²) in [6.45, 7) is 0.763. The zero-order chi connectivity index (χ0) is 10.2. The van der Waals surface area contributed by atoms with Crippen LogP contribution in [-0.4, -0.2) is 28.7 Å². The molecule has 0 aromatic heterocycles. The standard InChI is InChI=1S/C10H11NO3/c12-9-4-2-1-3-8(9)7-10(13)11(14)5-6-11/h1-4,12H,5-7H2. The lowest BCUT2D eigenvalue weighted by Gasteiger charge is -2.18. The van der Waals surface area contributed by atoms with Gasteiger partial charge in [-0.1, -0.05) is 18.2 Å². The van der Waals surface area contributed by atoms with E-state index >= 15 is 0 Å². The number of aromatic hydroxyl groups is 1. The van der Waals surface area contributed by atoms with Gasteiger partial charge >= 0.3 is 5.91 Å². The van der Waals surface area contributed by atoms with Gasteiger partial charge in [-0.25, -0.2) is 4.79 Å². The summed E-state index contributed by atoms with van der Waals surface area (Å²) in [5, 5.41) is 20.7. The van der Waals surface area contributed by atoms with Gasteiger partial charge in [0.2, 0.25) is 0 Å². The molecule has 1 aromatic rings. The van der Waals surface area contributed by atoms with Gasteiger partial charge < -0.3 is 10.3 Å². The Labute approximate surface area is 81.6 Å². The molecule has 0 aliphatic carbocycles. The van der Waals surface area contributed by atoms with Gasteiger partial charge in [-0.05, 0) is 6.07 Å². The first kappa shape index (κ1) is 9.18. The Morgan fingerprint density at radius 3 is 2.64 bits per heavy atom. The summed E-state index contributed by atoms with van der Waals surface area (Å²) >= 11 is 0. The molecule has 0 radical (unpaired) electrons. The number of nitrogens with zero attached hydrogens (tertiary/aromatic N) is 1. The van der Waals surface area contributed by atoms with Crippen LogP contribution in [0.5, 0.6) is 5.75 Å². The van der Waals surface area contributed by atoms with Crippen molar-refractivity contribution in [1.29, 1.82) is 0 Å². The quantitative estimate of drug-likeness (QED) is 0.429. The average Bonchev–Trinajstić information content (AvgIpc) is 2.89. The normalized spacial score (nSPS) is 17.8. The minimum Gasteiger partial charge on any atom is -0.625 e. The van der Waals surface area contributed by atoms with Crippen LogP contribution in [0.2, 0.25) is 0 Å². The molecule has 1 aliphatic rings. The fourth-order valence-electron chi connectivity index (χ4n) is 1.31. The van der Waals surface area contributed by atoms with Crippen LogP contribution in [0.25, 0.3) is 0 Å². The van der Waals surface area contributed by atoms with Gasteiger partial charge in [0.25, 0.3) is 0 Å². The molecule has 14 heavy (non-hydrogen) atoms. The molecule has 1 N–H and O–H groups in total. The number of quaternary nitrogens is 1. The second-order valence-corrected chi connectivity index (χ2v) is 3.54. The van der Waals surface area contributed by atoms with Crippen LogP contribution in [0.15, 0.2) is 24.3 Å². The van der Waals surface area contributed by atoms with Crippen LogP contribution < -0.4 is 0 Å². The van der Waals surface area contributed by atoms with Crippen molar-refractivity contribution in [2.45, 2.75) is 6.42 Å². The molecule has 4 nitrogen and oxygen atoms in total. The number of hydroxylamine groups is 3. The molecular weight excluding hydrogens is 182 g/mol. The molecule has 74 valence electrons. The predicted octanol–water partition coefficient (Wildman–Crippen LogP) is 0.789. The lowest BCUT2D eigenvalue weighted by Crippen LogP contribution is -2.28. The van der Waals surface area contributed by atoms with Crippen LogP contribution in [0.3, 0.4) is 0 Å². The Bertz CT molecular complexity index is 371. The number of carbonyl (C=O) groups is 1. The topological polar surface area (TPSA) is 60.4 Å². The highest BCUT2D eigenvalue weighted by Crippen LogP contribution is 2.23. The predicted molar refractivity (Wildman–Crippen MR) is 50.2 cm³/mol. The summed E-state index contributed by atoms with van der Waals surface area (Å²) in [6.07, 6.45) is 0.0240. The summed E-state index contributed by atoms with van der Waals surface area (Å²) in [5.41, 5.74) is 0.526. The van der Waals surface area contributed by atoms with E-state index in [9.17, 15) is 15.1 Å². The van der Waals surface area contributed by atoms with Crippen molar-refractivity contribution in [2.24, 2.45) is 0 Å². The number of hydrogen-bond donors (Lipinski definition) is 1. The van der Waals surface area contributed by atoms with Crippen molar-refractivity contribution < 1.29 is 14.5 Å². The van der Waals surface area contributed by atoms with E-state index in [1.54, 1.807) is 18.2 Å². The second-order valence-electron chi connectivity index (χ2n) is 3.54. The van der Waals surface area contributed by atoms with E-state index in [-0.39, 0.29) is 18.1 Å². The molecule has 1 fully saturated rings. The largest absolute Gasteiger partial charge is 0.625 e. The fourth-order valence-corrected chi connectivity index (χ4v) is 1.31. The van der Waals surface area contributed by atoms with Gasteiger partial charge in [-0.15, -0.1) is 0 Å². The third kappa shape index (κ3) is 1.62. The number of rotatable bonds is 2. The summed E-state index contributed by atoms with van der Waals surface area (Å²) in [5.74, 6) is -0.291. The highest BCUT2D eigenvalue weighted by atomic mass is 16.6. The number of benzene rings is 1. The second kappa shape index (κ2) is 3.08. The van der Waals surface area contributed by atoms with Crippen molar-refractivity contribution in [2.75, 3.05) is 13.1 Å². The molecule has 1 aromatic carbocycles. The van der Waals surface area contributed by atoms with Crippen molar-refractivity contribution in [3.63, 3.8) is 0 Å². The molecule has 0 saturated carbocycles. The molecule has 1 saturated heterocycles. The van der Waals surface area contributed by atoms with Crippen LogP contribution >= 0.6 is 0 Å². The summed E-state index contributed by atoms with van der Waals surface area (Å²) in [6, 6.07) is 6.59. The fraction of sp³-hybridized carbons (Fsp3) is 0.300. The Hall–Kier alpha value is -1.39. The SMILES string of the molecule is O=C(Cc1ccccc1O)[N+]1([O-])CC1. The van der Waals surface area contributed by atoms with Crippen molar-refractivity contribution in [3.05, 3.63) is 35.0 Å². The molecule has 1 aliphatic heterocycles. The van der Waals surface area contributed by atoms with Gasteiger partial charge in [0.15, 0.2) is 0 Å². The number of amides is 1. The molecule has 2 rings (SSSR count). The monoisotopic (exact) mass is 193 g/mol. The maximum Gasteiger partial charge on any atom is 0.318 e. The summed E-state index contributed by atoms with van der Waals surface area (Å²) in [4.78, 5) is 11.4. The number of hydrogen-bond acceptors (Lipinski definition) is 3. The molecular formula is C10H11NO3. The molecule has 0 spiro atoms.